The molecule has 0 bridgehead atoms. The van der Waals surface area contributed by atoms with Crippen molar-refractivity contribution in [3.63, 3.8) is 0 Å². The van der Waals surface area contributed by atoms with Crippen molar-refractivity contribution in [3.05, 3.63) is 29.8 Å². The zero-order chi connectivity index (χ0) is 13.7. The van der Waals surface area contributed by atoms with Gasteiger partial charge in [-0.1, -0.05) is 25.5 Å². The van der Waals surface area contributed by atoms with Crippen molar-refractivity contribution in [2.45, 2.75) is 39.5 Å². The summed E-state index contributed by atoms with van der Waals surface area (Å²) in [5, 5.41) is 6.34. The molecule has 104 valence electrons. The van der Waals surface area contributed by atoms with Crippen molar-refractivity contribution >= 4 is 11.6 Å². The minimum Gasteiger partial charge on any atom is -0.385 e. The van der Waals surface area contributed by atoms with Crippen LogP contribution >= 0.6 is 0 Å². The predicted molar refractivity (Wildman–Crippen MR) is 79.5 cm³/mol. The van der Waals surface area contributed by atoms with E-state index in [-0.39, 0.29) is 5.91 Å². The maximum atomic E-state index is 12.3. The van der Waals surface area contributed by atoms with Gasteiger partial charge >= 0.3 is 0 Å². The van der Waals surface area contributed by atoms with Crippen LogP contribution in [0.2, 0.25) is 0 Å². The number of hydrogen-bond acceptors (Lipinski definition) is 2. The zero-order valence-corrected chi connectivity index (χ0v) is 12.0. The lowest BCUT2D eigenvalue weighted by atomic mass is 10.0. The van der Waals surface area contributed by atoms with E-state index in [0.29, 0.717) is 5.41 Å². The molecule has 0 atom stereocenters. The average Bonchev–Trinajstić information content (AvgIpc) is 3.18. The third-order valence-corrected chi connectivity index (χ3v) is 3.90. The van der Waals surface area contributed by atoms with E-state index in [4.69, 9.17) is 0 Å². The molecule has 0 spiro atoms. The summed E-state index contributed by atoms with van der Waals surface area (Å²) in [7, 11) is 0. The van der Waals surface area contributed by atoms with Crippen molar-refractivity contribution in [1.82, 2.24) is 5.32 Å². The number of rotatable bonds is 7. The van der Waals surface area contributed by atoms with Crippen LogP contribution < -0.4 is 10.6 Å². The fourth-order valence-corrected chi connectivity index (χ4v) is 2.61. The van der Waals surface area contributed by atoms with Crippen molar-refractivity contribution in [1.29, 1.82) is 0 Å². The third kappa shape index (κ3) is 3.49. The fraction of sp³-hybridized carbons (Fsp3) is 0.562. The van der Waals surface area contributed by atoms with Gasteiger partial charge in [0.05, 0.1) is 5.56 Å². The van der Waals surface area contributed by atoms with Crippen molar-refractivity contribution < 1.29 is 4.79 Å². The molecule has 0 aromatic heterocycles. The second kappa shape index (κ2) is 6.09. The van der Waals surface area contributed by atoms with Crippen LogP contribution in [0.15, 0.2) is 24.3 Å². The van der Waals surface area contributed by atoms with Gasteiger partial charge in [-0.2, -0.15) is 0 Å². The first kappa shape index (κ1) is 13.9. The molecule has 1 aromatic rings. The Kier molecular flexibility index (Phi) is 4.46. The fourth-order valence-electron chi connectivity index (χ4n) is 2.61. The van der Waals surface area contributed by atoms with Crippen LogP contribution in [-0.4, -0.2) is 19.0 Å². The summed E-state index contributed by atoms with van der Waals surface area (Å²) in [4.78, 5) is 12.3. The molecule has 1 fully saturated rings. The number of hydrogen-bond donors (Lipinski definition) is 2. The monoisotopic (exact) mass is 260 g/mol. The van der Waals surface area contributed by atoms with Crippen LogP contribution in [0.25, 0.3) is 0 Å². The summed E-state index contributed by atoms with van der Waals surface area (Å²) in [6.07, 6.45) is 4.94. The number of benzene rings is 1. The maximum Gasteiger partial charge on any atom is 0.253 e. The van der Waals surface area contributed by atoms with Crippen molar-refractivity contribution in [3.8, 4) is 0 Å². The summed E-state index contributed by atoms with van der Waals surface area (Å²) in [6.45, 7) is 5.89. The van der Waals surface area contributed by atoms with Crippen LogP contribution in [-0.2, 0) is 0 Å². The molecular formula is C16H24N2O. The van der Waals surface area contributed by atoms with Crippen molar-refractivity contribution in [2.75, 3.05) is 18.4 Å². The minimum atomic E-state index is 0.0407. The molecule has 0 unspecified atom stereocenters. The van der Waals surface area contributed by atoms with Gasteiger partial charge in [-0.3, -0.25) is 4.79 Å². The van der Waals surface area contributed by atoms with Crippen molar-refractivity contribution in [2.24, 2.45) is 5.41 Å². The molecule has 2 N–H and O–H groups in total. The van der Waals surface area contributed by atoms with Gasteiger partial charge in [0.2, 0.25) is 0 Å². The largest absolute Gasteiger partial charge is 0.385 e. The molecule has 1 aliphatic carbocycles. The standard InChI is InChI=1S/C16H24N2O/c1-3-9-16(10-11-16)12-18-15(19)13-7-5-6-8-14(13)17-4-2/h5-8,17H,3-4,9-12H2,1-2H3,(H,18,19). The van der Waals surface area contributed by atoms with E-state index in [0.717, 1.165) is 24.3 Å². The second-order valence-corrected chi connectivity index (χ2v) is 5.51. The molecule has 1 aliphatic rings. The third-order valence-electron chi connectivity index (χ3n) is 3.90. The van der Waals surface area contributed by atoms with E-state index in [9.17, 15) is 4.79 Å². The lowest BCUT2D eigenvalue weighted by molar-refractivity contribution is 0.0944. The highest BCUT2D eigenvalue weighted by molar-refractivity contribution is 5.99. The summed E-state index contributed by atoms with van der Waals surface area (Å²) in [6, 6.07) is 7.70. The van der Waals surface area contributed by atoms with E-state index < -0.39 is 0 Å². The molecule has 0 heterocycles. The molecule has 3 nitrogen and oxygen atoms in total. The maximum absolute atomic E-state index is 12.3. The lowest BCUT2D eigenvalue weighted by Crippen LogP contribution is -2.30. The molecule has 1 saturated carbocycles. The SMILES string of the molecule is CCCC1(CNC(=O)c2ccccc2NCC)CC1. The second-order valence-electron chi connectivity index (χ2n) is 5.51. The number of carbonyl (C=O) groups excluding carboxylic acids is 1. The first-order valence-electron chi connectivity index (χ1n) is 7.32. The molecule has 1 aromatic carbocycles. The highest BCUT2D eigenvalue weighted by Gasteiger charge is 2.41. The van der Waals surface area contributed by atoms with E-state index in [1.54, 1.807) is 0 Å². The molecule has 1 amide bonds. The molecule has 0 aliphatic heterocycles. The summed E-state index contributed by atoms with van der Waals surface area (Å²) >= 11 is 0. The van der Waals surface area contributed by atoms with Crippen LogP contribution in [0.1, 0.15) is 49.9 Å². The van der Waals surface area contributed by atoms with Crippen LogP contribution in [0.4, 0.5) is 5.69 Å². The van der Waals surface area contributed by atoms with Crippen LogP contribution in [0.3, 0.4) is 0 Å². The molecule has 19 heavy (non-hydrogen) atoms. The van der Waals surface area contributed by atoms with Gasteiger partial charge in [-0.05, 0) is 43.7 Å². The van der Waals surface area contributed by atoms with Gasteiger partial charge in [-0.25, -0.2) is 0 Å². The van der Waals surface area contributed by atoms with E-state index in [2.05, 4.69) is 17.6 Å². The predicted octanol–water partition coefficient (Wildman–Crippen LogP) is 3.43. The first-order valence-corrected chi connectivity index (χ1v) is 7.32. The quantitative estimate of drug-likeness (QED) is 0.788. The summed E-state index contributed by atoms with van der Waals surface area (Å²) in [5.74, 6) is 0.0407. The van der Waals surface area contributed by atoms with Gasteiger partial charge in [-0.15, -0.1) is 0 Å². The Morgan fingerprint density at radius 3 is 2.63 bits per heavy atom. The molecule has 2 rings (SSSR count). The van der Waals surface area contributed by atoms with Crippen LogP contribution in [0.5, 0.6) is 0 Å². The Balaban J connectivity index is 1.96. The number of nitrogens with one attached hydrogen (secondary N) is 2. The Hall–Kier alpha value is -1.51. The zero-order valence-electron chi connectivity index (χ0n) is 12.0. The molecule has 3 heteroatoms. The van der Waals surface area contributed by atoms with Gasteiger partial charge in [0.1, 0.15) is 0 Å². The average molecular weight is 260 g/mol. The Morgan fingerprint density at radius 1 is 1.26 bits per heavy atom. The van der Waals surface area contributed by atoms with Crippen LogP contribution in [0, 0.1) is 5.41 Å². The van der Waals surface area contributed by atoms with Gasteiger partial charge in [0.15, 0.2) is 0 Å². The highest BCUT2D eigenvalue weighted by atomic mass is 16.1. The Morgan fingerprint density at radius 2 is 2.00 bits per heavy atom. The molecule has 0 radical (unpaired) electrons. The molecule has 0 saturated heterocycles. The lowest BCUT2D eigenvalue weighted by Gasteiger charge is -2.16. The van der Waals surface area contributed by atoms with E-state index >= 15 is 0 Å². The Labute approximate surface area is 115 Å². The summed E-state index contributed by atoms with van der Waals surface area (Å²) < 4.78 is 0. The number of carbonyl (C=O) groups is 1. The Bertz CT molecular complexity index is 438. The highest BCUT2D eigenvalue weighted by Crippen LogP contribution is 2.48. The minimum absolute atomic E-state index is 0.0407. The molecular weight excluding hydrogens is 236 g/mol. The summed E-state index contributed by atoms with van der Waals surface area (Å²) in [5.41, 5.74) is 2.07. The number of amides is 1. The normalized spacial score (nSPS) is 15.9. The number of para-hydroxylation sites is 1. The smallest absolute Gasteiger partial charge is 0.253 e. The van der Waals surface area contributed by atoms with E-state index in [1.807, 2.05) is 31.2 Å². The van der Waals surface area contributed by atoms with Gasteiger partial charge in [0, 0.05) is 18.8 Å². The number of anilines is 1. The van der Waals surface area contributed by atoms with E-state index in [1.165, 1.54) is 25.7 Å². The van der Waals surface area contributed by atoms with Gasteiger partial charge in [0.25, 0.3) is 5.91 Å². The topological polar surface area (TPSA) is 41.1 Å². The van der Waals surface area contributed by atoms with Gasteiger partial charge < -0.3 is 10.6 Å². The first-order chi connectivity index (χ1) is 9.21.